The van der Waals surface area contributed by atoms with Gasteiger partial charge >= 0.3 is 0 Å². The number of hydrogen-bond donors (Lipinski definition) is 1. The SMILES string of the molecule is CCC.CCCC(C)N. The van der Waals surface area contributed by atoms with Crippen molar-refractivity contribution in [1.29, 1.82) is 0 Å². The Bertz CT molecular complexity index is 33.5. The van der Waals surface area contributed by atoms with E-state index < -0.39 is 0 Å². The Morgan fingerprint density at radius 3 is 1.56 bits per heavy atom. The molecule has 0 aromatic rings. The second-order valence-electron chi connectivity index (χ2n) is 2.47. The lowest BCUT2D eigenvalue weighted by molar-refractivity contribution is 0.653. The van der Waals surface area contributed by atoms with Crippen LogP contribution in [-0.2, 0) is 0 Å². The third-order valence-electron chi connectivity index (χ3n) is 0.744. The summed E-state index contributed by atoms with van der Waals surface area (Å²) in [5.74, 6) is 0. The quantitative estimate of drug-likeness (QED) is 0.612. The minimum absolute atomic E-state index is 0.398. The molecule has 1 atom stereocenters. The van der Waals surface area contributed by atoms with Crippen molar-refractivity contribution in [1.82, 2.24) is 0 Å². The highest BCUT2D eigenvalue weighted by Gasteiger charge is 1.85. The summed E-state index contributed by atoms with van der Waals surface area (Å²) in [6.45, 7) is 8.42. The summed E-state index contributed by atoms with van der Waals surface area (Å²) >= 11 is 0. The fourth-order valence-corrected chi connectivity index (χ4v) is 0.455. The first-order valence-electron chi connectivity index (χ1n) is 3.94. The van der Waals surface area contributed by atoms with Gasteiger partial charge in [-0.2, -0.15) is 0 Å². The van der Waals surface area contributed by atoms with Crippen molar-refractivity contribution in [2.75, 3.05) is 0 Å². The molecule has 0 rings (SSSR count). The van der Waals surface area contributed by atoms with E-state index in [1.165, 1.54) is 12.8 Å². The Labute approximate surface area is 59.6 Å². The van der Waals surface area contributed by atoms with Crippen LogP contribution in [0.4, 0.5) is 0 Å². The van der Waals surface area contributed by atoms with E-state index in [1.54, 1.807) is 0 Å². The van der Waals surface area contributed by atoms with Crippen LogP contribution in [0.1, 0.15) is 47.0 Å². The molecule has 0 amide bonds. The summed E-state index contributed by atoms with van der Waals surface area (Å²) in [6.07, 6.45) is 3.61. The predicted molar refractivity (Wildman–Crippen MR) is 44.5 cm³/mol. The van der Waals surface area contributed by atoms with Crippen molar-refractivity contribution < 1.29 is 0 Å². The molecule has 0 aliphatic heterocycles. The van der Waals surface area contributed by atoms with Gasteiger partial charge in [0.25, 0.3) is 0 Å². The summed E-state index contributed by atoms with van der Waals surface area (Å²) < 4.78 is 0. The zero-order chi connectivity index (χ0) is 7.70. The Morgan fingerprint density at radius 1 is 1.22 bits per heavy atom. The van der Waals surface area contributed by atoms with Crippen LogP contribution in [-0.4, -0.2) is 6.04 Å². The maximum atomic E-state index is 5.40. The molecule has 1 unspecified atom stereocenters. The van der Waals surface area contributed by atoms with Crippen molar-refractivity contribution in [2.45, 2.75) is 53.0 Å². The Morgan fingerprint density at radius 2 is 1.56 bits per heavy atom. The number of hydrogen-bond acceptors (Lipinski definition) is 1. The Hall–Kier alpha value is -0.0400. The van der Waals surface area contributed by atoms with Crippen LogP contribution in [0.3, 0.4) is 0 Å². The minimum Gasteiger partial charge on any atom is -0.328 e. The fraction of sp³-hybridized carbons (Fsp3) is 1.00. The van der Waals surface area contributed by atoms with E-state index in [2.05, 4.69) is 20.8 Å². The monoisotopic (exact) mass is 131 g/mol. The van der Waals surface area contributed by atoms with E-state index in [9.17, 15) is 0 Å². The van der Waals surface area contributed by atoms with Gasteiger partial charge < -0.3 is 5.73 Å². The molecule has 0 heterocycles. The van der Waals surface area contributed by atoms with Crippen LogP contribution >= 0.6 is 0 Å². The van der Waals surface area contributed by atoms with Gasteiger partial charge in [-0.1, -0.05) is 33.6 Å². The molecule has 0 aliphatic carbocycles. The molecule has 0 aromatic carbocycles. The van der Waals surface area contributed by atoms with Crippen molar-refractivity contribution in [3.63, 3.8) is 0 Å². The first-order valence-corrected chi connectivity index (χ1v) is 3.94. The summed E-state index contributed by atoms with van der Waals surface area (Å²) in [4.78, 5) is 0. The van der Waals surface area contributed by atoms with Gasteiger partial charge in [0.2, 0.25) is 0 Å². The molecule has 1 nitrogen and oxygen atoms in total. The molecule has 58 valence electrons. The second kappa shape index (κ2) is 10.9. The standard InChI is InChI=1S/C5H13N.C3H8/c1-3-4-5(2)6;1-3-2/h5H,3-4,6H2,1-2H3;3H2,1-2H3. The van der Waals surface area contributed by atoms with E-state index in [0.29, 0.717) is 6.04 Å². The molecule has 0 radical (unpaired) electrons. The maximum Gasteiger partial charge on any atom is 0.00103 e. The molecule has 0 aromatic heterocycles. The van der Waals surface area contributed by atoms with Crippen molar-refractivity contribution >= 4 is 0 Å². The molecule has 9 heavy (non-hydrogen) atoms. The summed E-state index contributed by atoms with van der Waals surface area (Å²) in [5.41, 5.74) is 5.40. The lowest BCUT2D eigenvalue weighted by atomic mass is 10.2. The number of rotatable bonds is 2. The summed E-state index contributed by atoms with van der Waals surface area (Å²) in [6, 6.07) is 0.398. The Balaban J connectivity index is 0. The topological polar surface area (TPSA) is 26.0 Å². The van der Waals surface area contributed by atoms with Crippen LogP contribution < -0.4 is 5.73 Å². The van der Waals surface area contributed by atoms with Crippen LogP contribution in [0.5, 0.6) is 0 Å². The largest absolute Gasteiger partial charge is 0.328 e. The van der Waals surface area contributed by atoms with Gasteiger partial charge in [-0.05, 0) is 13.3 Å². The van der Waals surface area contributed by atoms with Crippen LogP contribution in [0.15, 0.2) is 0 Å². The lowest BCUT2D eigenvalue weighted by Crippen LogP contribution is -2.13. The second-order valence-corrected chi connectivity index (χ2v) is 2.47. The van der Waals surface area contributed by atoms with Crippen LogP contribution in [0.2, 0.25) is 0 Å². The van der Waals surface area contributed by atoms with Gasteiger partial charge in [0, 0.05) is 6.04 Å². The highest BCUT2D eigenvalue weighted by atomic mass is 14.6. The average Bonchev–Trinajstić information content (AvgIpc) is 1.67. The fourth-order valence-electron chi connectivity index (χ4n) is 0.455. The maximum absolute atomic E-state index is 5.40. The third kappa shape index (κ3) is 32.3. The predicted octanol–water partition coefficient (Wildman–Crippen LogP) is 2.55. The smallest absolute Gasteiger partial charge is 0.00103 e. The summed E-state index contributed by atoms with van der Waals surface area (Å²) in [7, 11) is 0. The minimum atomic E-state index is 0.398. The lowest BCUT2D eigenvalue weighted by Gasteiger charge is -1.96. The van der Waals surface area contributed by atoms with Gasteiger partial charge in [0.05, 0.1) is 0 Å². The Kier molecular flexibility index (Phi) is 14.1. The molecule has 0 fully saturated rings. The average molecular weight is 131 g/mol. The van der Waals surface area contributed by atoms with E-state index >= 15 is 0 Å². The van der Waals surface area contributed by atoms with Gasteiger partial charge in [0.15, 0.2) is 0 Å². The molecule has 0 saturated heterocycles. The molecule has 0 saturated carbocycles. The zero-order valence-electron chi connectivity index (χ0n) is 7.28. The molecular formula is C8H21N. The molecule has 0 spiro atoms. The van der Waals surface area contributed by atoms with Crippen molar-refractivity contribution in [3.8, 4) is 0 Å². The van der Waals surface area contributed by atoms with E-state index in [1.807, 2.05) is 6.92 Å². The first kappa shape index (κ1) is 11.7. The van der Waals surface area contributed by atoms with Crippen LogP contribution in [0, 0.1) is 0 Å². The molecule has 0 aliphatic rings. The van der Waals surface area contributed by atoms with Gasteiger partial charge in [-0.3, -0.25) is 0 Å². The van der Waals surface area contributed by atoms with Gasteiger partial charge in [0.1, 0.15) is 0 Å². The first-order chi connectivity index (χ1) is 4.18. The van der Waals surface area contributed by atoms with Crippen molar-refractivity contribution in [3.05, 3.63) is 0 Å². The molecular weight excluding hydrogens is 110 g/mol. The summed E-state index contributed by atoms with van der Waals surface area (Å²) in [5, 5.41) is 0. The van der Waals surface area contributed by atoms with E-state index in [0.717, 1.165) is 6.42 Å². The normalized spacial score (nSPS) is 11.7. The van der Waals surface area contributed by atoms with Gasteiger partial charge in [-0.15, -0.1) is 0 Å². The highest BCUT2D eigenvalue weighted by Crippen LogP contribution is 1.88. The van der Waals surface area contributed by atoms with E-state index in [-0.39, 0.29) is 0 Å². The molecule has 2 N–H and O–H groups in total. The zero-order valence-corrected chi connectivity index (χ0v) is 7.28. The van der Waals surface area contributed by atoms with E-state index in [4.69, 9.17) is 5.73 Å². The highest BCUT2D eigenvalue weighted by molar-refractivity contribution is 4.47. The van der Waals surface area contributed by atoms with Crippen LogP contribution in [0.25, 0.3) is 0 Å². The van der Waals surface area contributed by atoms with Gasteiger partial charge in [-0.25, -0.2) is 0 Å². The molecule has 0 bridgehead atoms. The van der Waals surface area contributed by atoms with Crippen molar-refractivity contribution in [2.24, 2.45) is 5.73 Å². The molecule has 1 heteroatoms. The number of nitrogens with two attached hydrogens (primary N) is 1. The third-order valence-corrected chi connectivity index (χ3v) is 0.744.